The zero-order chi connectivity index (χ0) is 50.8. The fraction of sp³-hybridized carbons (Fsp3) is 0.197. The van der Waals surface area contributed by atoms with E-state index in [1.54, 1.807) is 0 Å². The van der Waals surface area contributed by atoms with Crippen molar-refractivity contribution in [1.82, 2.24) is 9.55 Å². The minimum Gasteiger partial charge on any atom is -0.457 e. The molecule has 71 heavy (non-hydrogen) atoms. The van der Waals surface area contributed by atoms with Gasteiger partial charge in [-0.1, -0.05) is 171 Å². The molecule has 0 spiro atoms. The van der Waals surface area contributed by atoms with Crippen molar-refractivity contribution < 1.29 is 7.48 Å². The van der Waals surface area contributed by atoms with Gasteiger partial charge in [-0.3, -0.25) is 4.57 Å². The molecule has 11 rings (SSSR count). The van der Waals surface area contributed by atoms with E-state index in [0.717, 1.165) is 89.7 Å². The number of rotatable bonds is 10. The first kappa shape index (κ1) is 43.2. The summed E-state index contributed by atoms with van der Waals surface area (Å²) >= 11 is 0. The second kappa shape index (κ2) is 18.1. The van der Waals surface area contributed by atoms with E-state index in [0.29, 0.717) is 12.2 Å². The van der Waals surface area contributed by atoms with Gasteiger partial charge in [-0.25, -0.2) is 4.98 Å². The predicted molar refractivity (Wildman–Crippen MR) is 299 cm³/mol. The van der Waals surface area contributed by atoms with E-state index >= 15 is 0 Å². The van der Waals surface area contributed by atoms with E-state index in [4.69, 9.17) is 9.72 Å². The maximum Gasteiger partial charge on any atom is 0.137 e. The van der Waals surface area contributed by atoms with Gasteiger partial charge in [-0.2, -0.15) is 0 Å². The zero-order valence-corrected chi connectivity index (χ0v) is 42.0. The van der Waals surface area contributed by atoms with E-state index in [1.807, 2.05) is 32.2 Å². The van der Waals surface area contributed by atoms with Crippen LogP contribution in [0.3, 0.4) is 0 Å². The van der Waals surface area contributed by atoms with Crippen molar-refractivity contribution in [3.63, 3.8) is 0 Å². The smallest absolute Gasteiger partial charge is 0.137 e. The number of fused-ring (bicyclic) bond motifs is 4. The zero-order valence-electron chi connectivity index (χ0n) is 44.0. The van der Waals surface area contributed by atoms with Crippen molar-refractivity contribution in [1.29, 1.82) is 0 Å². The molecule has 0 bridgehead atoms. The SMILES string of the molecule is [2H]C([2H])(c1cc(-c2ccccc2)c(N2CN(c3cccc(Oc4ccc5c6ccccc6n(-c6cc(C(C)(C)C)ccn6)c5c4)c3)c3ccccc32)c(-c2ccc(-c3ccccc3C(C)(C)C)cc2)c1)C(C)C. The third-order valence-corrected chi connectivity index (χ3v) is 13.8. The monoisotopic (exact) mass is 929 g/mol. The van der Waals surface area contributed by atoms with Crippen LogP contribution in [0.4, 0.5) is 22.7 Å². The van der Waals surface area contributed by atoms with Gasteiger partial charge in [0.25, 0.3) is 0 Å². The molecular formula is C66H62N4O. The summed E-state index contributed by atoms with van der Waals surface area (Å²) in [6, 6.07) is 68.4. The van der Waals surface area contributed by atoms with Gasteiger partial charge in [0.15, 0.2) is 0 Å². The third kappa shape index (κ3) is 8.75. The second-order valence-electron chi connectivity index (χ2n) is 21.2. The number of hydrogen-bond acceptors (Lipinski definition) is 4. The molecule has 3 heterocycles. The molecule has 0 unspecified atom stereocenters. The number of ether oxygens (including phenoxy) is 1. The molecule has 10 aromatic rings. The van der Waals surface area contributed by atoms with E-state index in [-0.39, 0.29) is 16.7 Å². The summed E-state index contributed by atoms with van der Waals surface area (Å²) in [7, 11) is 0. The summed E-state index contributed by atoms with van der Waals surface area (Å²) in [5.41, 5.74) is 15.7. The Morgan fingerprint density at radius 2 is 1.15 bits per heavy atom. The molecule has 352 valence electrons. The molecule has 0 atom stereocenters. The standard InChI is InChI=1S/C66H62N4O/c1-44(2)37-45-38-56(46-19-10-9-11-20-46)64(57(39-45)48-31-29-47(30-32-48)53-23-12-14-25-58(53)66(6,7)8)69-43-68(60-27-16-17-28-61(60)69)50-21-18-22-51(41-50)71-52-33-34-55-54-24-13-15-26-59(54)70(62(55)42-52)63-40-49(35-36-67-63)65(3,4)5/h9-36,38-42,44H,37,43H2,1-8H3/i37D2. The Labute approximate surface area is 422 Å². The fourth-order valence-electron chi connectivity index (χ4n) is 10.4. The summed E-state index contributed by atoms with van der Waals surface area (Å²) in [6.07, 6.45) is 0.323. The van der Waals surface area contributed by atoms with Gasteiger partial charge < -0.3 is 14.5 Å². The minimum atomic E-state index is -1.59. The molecule has 0 saturated carbocycles. The lowest BCUT2D eigenvalue weighted by Crippen LogP contribution is -2.25. The summed E-state index contributed by atoms with van der Waals surface area (Å²) in [4.78, 5) is 9.66. The molecule has 1 aliphatic heterocycles. The Balaban J connectivity index is 1.01. The highest BCUT2D eigenvalue weighted by Gasteiger charge is 2.32. The molecule has 5 heteroatoms. The summed E-state index contributed by atoms with van der Waals surface area (Å²) in [5.74, 6) is 2.08. The van der Waals surface area contributed by atoms with E-state index in [1.165, 1.54) is 16.7 Å². The molecule has 0 radical (unpaired) electrons. The molecule has 0 amide bonds. The van der Waals surface area contributed by atoms with Crippen LogP contribution >= 0.6 is 0 Å². The quantitative estimate of drug-likeness (QED) is 0.137. The molecule has 2 aromatic heterocycles. The Morgan fingerprint density at radius 3 is 1.87 bits per heavy atom. The van der Waals surface area contributed by atoms with Crippen LogP contribution in [0.5, 0.6) is 11.5 Å². The van der Waals surface area contributed by atoms with Crippen LogP contribution in [-0.4, -0.2) is 16.2 Å². The van der Waals surface area contributed by atoms with Crippen LogP contribution < -0.4 is 14.5 Å². The molecule has 0 N–H and O–H groups in total. The van der Waals surface area contributed by atoms with Crippen molar-refractivity contribution in [3.8, 4) is 50.7 Å². The predicted octanol–water partition coefficient (Wildman–Crippen LogP) is 18.0. The van der Waals surface area contributed by atoms with Crippen molar-refractivity contribution in [2.24, 2.45) is 5.92 Å². The molecular weight excluding hydrogens is 865 g/mol. The number of hydrogen-bond donors (Lipinski definition) is 0. The van der Waals surface area contributed by atoms with Crippen molar-refractivity contribution >= 4 is 44.6 Å². The Bertz CT molecular complexity index is 3670. The molecule has 1 aliphatic rings. The number of pyridine rings is 1. The summed E-state index contributed by atoms with van der Waals surface area (Å²) in [6.45, 7) is 17.9. The lowest BCUT2D eigenvalue weighted by molar-refractivity contribution is 0.483. The Hall–Kier alpha value is -7.89. The topological polar surface area (TPSA) is 33.5 Å². The van der Waals surface area contributed by atoms with Crippen molar-refractivity contribution in [2.75, 3.05) is 16.5 Å². The maximum atomic E-state index is 9.48. The lowest BCUT2D eigenvalue weighted by Gasteiger charge is -2.28. The molecule has 5 nitrogen and oxygen atoms in total. The van der Waals surface area contributed by atoms with Crippen LogP contribution in [0.15, 0.2) is 200 Å². The number of nitrogens with zero attached hydrogens (tertiary/aromatic N) is 4. The highest BCUT2D eigenvalue weighted by Crippen LogP contribution is 2.51. The van der Waals surface area contributed by atoms with Gasteiger partial charge in [0.1, 0.15) is 24.0 Å². The van der Waals surface area contributed by atoms with Gasteiger partial charge in [0.05, 0.1) is 28.1 Å². The minimum absolute atomic E-state index is 0.0291. The first-order valence-electron chi connectivity index (χ1n) is 25.9. The fourth-order valence-corrected chi connectivity index (χ4v) is 10.4. The molecule has 0 aliphatic carbocycles. The molecule has 8 aromatic carbocycles. The van der Waals surface area contributed by atoms with Gasteiger partial charge in [0.2, 0.25) is 0 Å². The van der Waals surface area contributed by atoms with Crippen LogP contribution in [0.1, 0.15) is 74.8 Å². The number of anilines is 4. The second-order valence-corrected chi connectivity index (χ2v) is 21.2. The largest absolute Gasteiger partial charge is 0.457 e. The van der Waals surface area contributed by atoms with Gasteiger partial charge in [-0.05, 0) is 129 Å². The van der Waals surface area contributed by atoms with Crippen molar-refractivity contribution in [2.45, 2.75) is 72.6 Å². The van der Waals surface area contributed by atoms with Crippen LogP contribution in [-0.2, 0) is 17.2 Å². The normalized spacial score (nSPS) is 13.5. The highest BCUT2D eigenvalue weighted by molar-refractivity contribution is 6.09. The van der Waals surface area contributed by atoms with E-state index in [9.17, 15) is 2.74 Å². The first-order valence-corrected chi connectivity index (χ1v) is 24.9. The number of benzene rings is 8. The summed E-state index contributed by atoms with van der Waals surface area (Å²) < 4.78 is 28.0. The highest BCUT2D eigenvalue weighted by atomic mass is 16.5. The van der Waals surface area contributed by atoms with Crippen LogP contribution in [0.25, 0.3) is 61.0 Å². The van der Waals surface area contributed by atoms with Crippen molar-refractivity contribution in [3.05, 3.63) is 217 Å². The Morgan fingerprint density at radius 1 is 0.535 bits per heavy atom. The van der Waals surface area contributed by atoms with E-state index < -0.39 is 6.37 Å². The number of aromatic nitrogens is 2. The average molecular weight is 929 g/mol. The van der Waals surface area contributed by atoms with Crippen LogP contribution in [0, 0.1) is 5.92 Å². The number of para-hydroxylation sites is 3. The Kier molecular flexibility index (Phi) is 11.0. The van der Waals surface area contributed by atoms with E-state index in [2.05, 4.69) is 238 Å². The van der Waals surface area contributed by atoms with Gasteiger partial charge in [-0.15, -0.1) is 0 Å². The lowest BCUT2D eigenvalue weighted by atomic mass is 9.81. The van der Waals surface area contributed by atoms with Gasteiger partial charge in [0, 0.05) is 48.7 Å². The molecule has 0 fully saturated rings. The maximum absolute atomic E-state index is 9.48. The average Bonchev–Trinajstić information content (AvgIpc) is 3.94. The molecule has 0 saturated heterocycles. The van der Waals surface area contributed by atoms with Crippen LogP contribution in [0.2, 0.25) is 0 Å². The third-order valence-electron chi connectivity index (χ3n) is 13.8. The van der Waals surface area contributed by atoms with Gasteiger partial charge >= 0.3 is 0 Å². The first-order chi connectivity index (χ1) is 35.0. The summed E-state index contributed by atoms with van der Waals surface area (Å²) in [5, 5.41) is 2.30.